The van der Waals surface area contributed by atoms with Gasteiger partial charge in [0.2, 0.25) is 18.0 Å². The molecule has 0 radical (unpaired) electrons. The number of carboxylic acids is 1. The number of nitrogens with zero attached hydrogens (tertiary/aromatic N) is 3. The molecule has 1 aromatic carbocycles. The molecule has 1 saturated heterocycles. The molecule has 5 aliphatic carbocycles. The van der Waals surface area contributed by atoms with Gasteiger partial charge in [0.25, 0.3) is 0 Å². The number of Topliss-reactive ketones (excluding diaryl/α,β-unsaturated/α-hetero) is 1. The molecule has 5 fully saturated rings. The van der Waals surface area contributed by atoms with Crippen LogP contribution in [0.4, 0.5) is 19.3 Å². The van der Waals surface area contributed by atoms with Crippen LogP contribution in [0.3, 0.4) is 0 Å². The lowest BCUT2D eigenvalue weighted by molar-refractivity contribution is -0.220. The molecule has 1 aliphatic heterocycles. The zero-order chi connectivity index (χ0) is 47.8. The van der Waals surface area contributed by atoms with Gasteiger partial charge in [-0.15, -0.1) is 0 Å². The average Bonchev–Trinajstić information content (AvgIpc) is 4.09. The summed E-state index contributed by atoms with van der Waals surface area (Å²) in [5.41, 5.74) is -7.11. The number of ketones is 2. The fourth-order valence-corrected chi connectivity index (χ4v) is 12.1. The number of benzene rings is 1. The van der Waals surface area contributed by atoms with E-state index in [-0.39, 0.29) is 66.6 Å². The van der Waals surface area contributed by atoms with Gasteiger partial charge in [0, 0.05) is 54.7 Å². The molecule has 2 heterocycles. The normalized spacial score (nSPS) is 32.5. The molecule has 0 spiro atoms. The van der Waals surface area contributed by atoms with Gasteiger partial charge in [0.1, 0.15) is 16.9 Å². The predicted octanol–water partition coefficient (Wildman–Crippen LogP) is 4.57. The maximum atomic E-state index is 17.5. The monoisotopic (exact) mass is 923 g/mol. The average molecular weight is 924 g/mol. The first kappa shape index (κ1) is 46.8. The number of aliphatic hydroxyl groups excluding tert-OH is 1. The van der Waals surface area contributed by atoms with Crippen molar-refractivity contribution in [1.29, 1.82) is 0 Å². The molecular formula is C47H55F2N3O14. The van der Waals surface area contributed by atoms with Gasteiger partial charge in [-0.1, -0.05) is 25.5 Å². The Morgan fingerprint density at radius 1 is 0.970 bits per heavy atom. The number of halogens is 2. The van der Waals surface area contributed by atoms with Crippen LogP contribution in [0.1, 0.15) is 95.5 Å². The highest BCUT2D eigenvalue weighted by Gasteiger charge is 2.75. The number of carbonyl (C=O) groups is 6. The fraction of sp³-hybridized carbons (Fsp3) is 0.596. The lowest BCUT2D eigenvalue weighted by Crippen LogP contribution is -2.69. The summed E-state index contributed by atoms with van der Waals surface area (Å²) in [5.74, 6) is -6.99. The summed E-state index contributed by atoms with van der Waals surface area (Å²) in [6, 6.07) is 0.374. The van der Waals surface area contributed by atoms with Crippen molar-refractivity contribution in [2.24, 2.45) is 28.6 Å². The van der Waals surface area contributed by atoms with Crippen LogP contribution >= 0.6 is 0 Å². The third-order valence-corrected chi connectivity index (χ3v) is 15.7. The number of alkyl halides is 1. The molecule has 2 aromatic rings. The van der Waals surface area contributed by atoms with Gasteiger partial charge in [0.15, 0.2) is 29.6 Å². The lowest BCUT2D eigenvalue weighted by atomic mass is 9.44. The summed E-state index contributed by atoms with van der Waals surface area (Å²) in [7, 11) is 1.33. The van der Waals surface area contributed by atoms with Gasteiger partial charge in [-0.3, -0.25) is 24.0 Å². The zero-order valence-electron chi connectivity index (χ0n) is 37.5. The van der Waals surface area contributed by atoms with Gasteiger partial charge < -0.3 is 48.6 Å². The van der Waals surface area contributed by atoms with Gasteiger partial charge in [-0.2, -0.15) is 0 Å². The van der Waals surface area contributed by atoms with Gasteiger partial charge in [0.05, 0.1) is 37.0 Å². The number of amides is 1. The van der Waals surface area contributed by atoms with E-state index in [1.165, 1.54) is 36.4 Å². The van der Waals surface area contributed by atoms with Crippen LogP contribution in [0, 0.1) is 34.4 Å². The number of anilines is 1. The maximum absolute atomic E-state index is 17.5. The van der Waals surface area contributed by atoms with E-state index in [0.717, 1.165) is 18.9 Å². The first-order valence-electron chi connectivity index (χ1n) is 22.4. The topological polar surface area (TPSA) is 229 Å². The highest BCUT2D eigenvalue weighted by atomic mass is 19.1. The summed E-state index contributed by atoms with van der Waals surface area (Å²) in [4.78, 5) is 92.2. The number of ether oxygens (including phenoxy) is 4. The molecule has 1 aromatic heterocycles. The first-order valence-corrected chi connectivity index (χ1v) is 22.4. The number of hydrogen-bond donors (Lipinski definition) is 3. The number of aromatic nitrogens is 1. The summed E-state index contributed by atoms with van der Waals surface area (Å²) in [6.45, 7) is 5.38. The van der Waals surface area contributed by atoms with Crippen molar-refractivity contribution in [3.05, 3.63) is 57.7 Å². The Morgan fingerprint density at radius 3 is 2.32 bits per heavy atom. The van der Waals surface area contributed by atoms with E-state index in [9.17, 15) is 48.9 Å². The molecule has 8 rings (SSSR count). The van der Waals surface area contributed by atoms with E-state index in [2.05, 4.69) is 0 Å². The molecule has 4 saturated carbocycles. The second-order valence-electron chi connectivity index (χ2n) is 19.2. The van der Waals surface area contributed by atoms with Crippen LogP contribution in [-0.2, 0) is 33.4 Å². The second kappa shape index (κ2) is 16.9. The Balaban J connectivity index is 0.815. The van der Waals surface area contributed by atoms with Crippen LogP contribution in [0.15, 0.2) is 40.9 Å². The zero-order valence-corrected chi connectivity index (χ0v) is 37.5. The summed E-state index contributed by atoms with van der Waals surface area (Å²) >= 11 is 0. The number of fused-ring (bicyclic) bond motifs is 6. The minimum absolute atomic E-state index is 0.0482. The molecule has 3 N–H and O–H groups in total. The predicted molar refractivity (Wildman–Crippen MR) is 229 cm³/mol. The first-order chi connectivity index (χ1) is 31.1. The van der Waals surface area contributed by atoms with Crippen LogP contribution in [-0.4, -0.2) is 124 Å². The number of aromatic carboxylic acids is 1. The summed E-state index contributed by atoms with van der Waals surface area (Å²) in [6.07, 6.45) is 4.39. The molecule has 19 heteroatoms. The minimum Gasteiger partial charge on any atom is -0.492 e. The third-order valence-electron chi connectivity index (χ3n) is 15.7. The largest absolute Gasteiger partial charge is 0.492 e. The van der Waals surface area contributed by atoms with Crippen molar-refractivity contribution in [3.8, 4) is 5.75 Å². The number of piperazine rings is 1. The van der Waals surface area contributed by atoms with Crippen molar-refractivity contribution in [2.45, 2.75) is 109 Å². The van der Waals surface area contributed by atoms with Crippen LogP contribution in [0.25, 0.3) is 10.9 Å². The van der Waals surface area contributed by atoms with E-state index in [0.29, 0.717) is 18.4 Å². The molecule has 1 amide bonds. The van der Waals surface area contributed by atoms with E-state index in [1.54, 1.807) is 37.2 Å². The van der Waals surface area contributed by atoms with E-state index >= 15 is 8.78 Å². The number of aliphatic hydroxyl groups is 2. The van der Waals surface area contributed by atoms with Gasteiger partial charge in [-0.25, -0.2) is 18.4 Å². The summed E-state index contributed by atoms with van der Waals surface area (Å²) in [5, 5.41) is 33.2. The number of carbonyl (C=O) groups excluding carboxylic acids is 5. The number of esters is 2. The Morgan fingerprint density at radius 2 is 1.67 bits per heavy atom. The number of methoxy groups -OCH3 is 1. The van der Waals surface area contributed by atoms with Gasteiger partial charge >= 0.3 is 24.0 Å². The molecule has 6 aliphatic rings. The molecule has 3 unspecified atom stereocenters. The highest BCUT2D eigenvalue weighted by Crippen LogP contribution is 2.70. The number of hydrogen-bond acceptors (Lipinski definition) is 14. The fourth-order valence-electron chi connectivity index (χ4n) is 12.1. The SMILES string of the molecule is COc1c(N2CCN(C(=O)OCOC(=O)CCC(=O)OCC(=O)[C@@]3(O)[C@@H](C)CC4C5CCC6=CC(=O)C=C[C@]6(C)[C@@]5(F)[C@@H](O)C[C@@]43C)C(C)C2)c(F)cc2c(=O)c(C(=O)O)cn(C3CC3)c12. The van der Waals surface area contributed by atoms with Crippen molar-refractivity contribution in [1.82, 2.24) is 9.47 Å². The number of pyridine rings is 1. The number of rotatable bonds is 12. The molecule has 17 nitrogen and oxygen atoms in total. The van der Waals surface area contributed by atoms with Crippen molar-refractivity contribution in [3.63, 3.8) is 0 Å². The molecular weight excluding hydrogens is 869 g/mol. The Bertz CT molecular complexity index is 2540. The molecule has 66 heavy (non-hydrogen) atoms. The quantitative estimate of drug-likeness (QED) is 0.196. The lowest BCUT2D eigenvalue weighted by Gasteiger charge is -2.62. The minimum atomic E-state index is -2.15. The highest BCUT2D eigenvalue weighted by molar-refractivity contribution is 6.01. The number of allylic oxidation sites excluding steroid dienone is 4. The van der Waals surface area contributed by atoms with Crippen molar-refractivity contribution >= 4 is 52.2 Å². The van der Waals surface area contributed by atoms with E-state index in [4.69, 9.17) is 18.9 Å². The summed E-state index contributed by atoms with van der Waals surface area (Å²) < 4.78 is 56.0. The van der Waals surface area contributed by atoms with Crippen molar-refractivity contribution < 1.29 is 71.8 Å². The second-order valence-corrected chi connectivity index (χ2v) is 19.2. The molecule has 356 valence electrons. The van der Waals surface area contributed by atoms with E-state index in [1.807, 2.05) is 0 Å². The van der Waals surface area contributed by atoms with Crippen LogP contribution in [0.5, 0.6) is 5.75 Å². The smallest absolute Gasteiger partial charge is 0.413 e. The van der Waals surface area contributed by atoms with Crippen molar-refractivity contribution in [2.75, 3.05) is 45.0 Å². The standard InChI is InChI=1S/C47H55F2N3O14/c1-24-16-32-31-9-6-26-17-28(53)12-13-44(26,3)46(31,49)34(54)19-45(32,4)47(24,62)35(55)22-64-36(56)10-11-37(57)65-23-66-43(61)51-15-14-50(20-25(51)2)39-33(48)18-29-38(41(39)63-5)52(27-7-8-27)21-30(40(29)58)42(59)60/h12-13,17-18,21,24-25,27,31-32,34,54,62H,6-11,14-16,19-20,22-23H2,1-5H3,(H,59,60)/t24-,25?,31?,32?,34-,44-,45-,46-,47-/m0/s1. The Labute approximate surface area is 378 Å². The Kier molecular flexibility index (Phi) is 12.0. The maximum Gasteiger partial charge on any atom is 0.413 e. The van der Waals surface area contributed by atoms with Crippen LogP contribution < -0.4 is 15.1 Å². The van der Waals surface area contributed by atoms with Crippen LogP contribution in [0.2, 0.25) is 0 Å². The third kappa shape index (κ3) is 7.27. The van der Waals surface area contributed by atoms with E-state index < -0.39 is 125 Å². The Hall–Kier alpha value is -5.69. The molecule has 0 bridgehead atoms. The number of carboxylic acid groups (broad SMARTS) is 1. The van der Waals surface area contributed by atoms with Gasteiger partial charge in [-0.05, 0) is 82.4 Å². The molecule has 9 atom stereocenters.